The van der Waals surface area contributed by atoms with Crippen LogP contribution in [-0.4, -0.2) is 52.9 Å². The van der Waals surface area contributed by atoms with Crippen LogP contribution in [-0.2, 0) is 39.6 Å². The highest BCUT2D eigenvalue weighted by molar-refractivity contribution is 7.95. The fourth-order valence-electron chi connectivity index (χ4n) is 0.486. The number of carboxylic acids is 1. The summed E-state index contributed by atoms with van der Waals surface area (Å²) >= 11 is 0. The van der Waals surface area contributed by atoms with Gasteiger partial charge in [0.25, 0.3) is 0 Å². The van der Waals surface area contributed by atoms with Gasteiger partial charge in [-0.1, -0.05) is 13.5 Å². The predicted molar refractivity (Wildman–Crippen MR) is 66.3 cm³/mol. The Bertz CT molecular complexity index is 270. The molecule has 0 aromatic rings. The molecule has 0 aliphatic rings. The number of aliphatic carboxylic acids is 1. The minimum absolute atomic E-state index is 0. The lowest BCUT2D eigenvalue weighted by Crippen LogP contribution is -2.31. The van der Waals surface area contributed by atoms with Crippen LogP contribution < -0.4 is 5.73 Å². The van der Waals surface area contributed by atoms with Crippen LogP contribution in [0.25, 0.3) is 0 Å². The molecule has 0 radical (unpaired) electrons. The molecule has 0 aromatic carbocycles. The van der Waals surface area contributed by atoms with Crippen molar-refractivity contribution in [1.29, 1.82) is 0 Å². The highest BCUT2D eigenvalue weighted by Gasteiger charge is 2.14. The van der Waals surface area contributed by atoms with Crippen molar-refractivity contribution in [2.24, 2.45) is 5.73 Å². The van der Waals surface area contributed by atoms with Crippen molar-refractivity contribution in [2.45, 2.75) is 12.5 Å². The number of rotatable bonds is 4. The second-order valence-corrected chi connectivity index (χ2v) is 6.03. The van der Waals surface area contributed by atoms with Gasteiger partial charge in [-0.2, -0.15) is 0 Å². The molecule has 0 bridgehead atoms. The molecule has 0 saturated carbocycles. The van der Waals surface area contributed by atoms with E-state index in [1.807, 2.05) is 0 Å². The van der Waals surface area contributed by atoms with Gasteiger partial charge in [0, 0.05) is 16.8 Å². The molecule has 16 heavy (non-hydrogen) atoms. The summed E-state index contributed by atoms with van der Waals surface area (Å²) in [6.07, 6.45) is 4.74. The monoisotopic (exact) mass is 295 g/mol. The number of hydrogen-bond donors (Lipinski definition) is 2. The first-order chi connectivity index (χ1) is 6.54. The molecule has 3 N–H and O–H groups in total. The SMILES string of the molecule is C[S+](C)CC[C@H](N)C(=O)O.O=S(=O)([O-])[O-].[SH3+]. The smallest absolute Gasteiger partial charge is 0.320 e. The summed E-state index contributed by atoms with van der Waals surface area (Å²) in [5.74, 6) is 0.0125. The lowest BCUT2D eigenvalue weighted by Gasteiger charge is -2.06. The Morgan fingerprint density at radius 3 is 1.94 bits per heavy atom. The first-order valence-electron chi connectivity index (χ1n) is 3.73. The molecule has 0 spiro atoms. The maximum Gasteiger partial charge on any atom is 0.320 e. The predicted octanol–water partition coefficient (Wildman–Crippen LogP) is -2.48. The second-order valence-electron chi connectivity index (χ2n) is 2.83. The standard InChI is InChI=1S/C6H13NO2S.H2O4S.H2S/c1-10(2)4-3-5(7)6(8)9;1-5(2,3)4;/h5H,3-4,7H2,1-2H3;(H2,1,2,3,4);1H2/t5-;;/m0../s1. The Morgan fingerprint density at radius 1 is 1.44 bits per heavy atom. The fourth-order valence-corrected chi connectivity index (χ4v) is 1.21. The Labute approximate surface area is 105 Å². The highest BCUT2D eigenvalue weighted by atomic mass is 32.3. The van der Waals surface area contributed by atoms with Gasteiger partial charge in [0.2, 0.25) is 0 Å². The molecule has 0 heterocycles. The molecule has 0 fully saturated rings. The average Bonchev–Trinajstić information content (AvgIpc) is 1.96. The third kappa shape index (κ3) is 29.2. The maximum atomic E-state index is 10.2. The third-order valence-corrected chi connectivity index (χ3v) is 2.21. The molecule has 0 amide bonds. The van der Waals surface area contributed by atoms with E-state index in [9.17, 15) is 4.79 Å². The van der Waals surface area contributed by atoms with Gasteiger partial charge in [-0.15, -0.1) is 0 Å². The molecule has 1 atom stereocenters. The largest absolute Gasteiger partial charge is 0.759 e. The number of carbonyl (C=O) groups is 1. The molecule has 10 heteroatoms. The van der Waals surface area contributed by atoms with Crippen molar-refractivity contribution in [1.82, 2.24) is 0 Å². The van der Waals surface area contributed by atoms with Gasteiger partial charge in [0.05, 0.1) is 12.5 Å². The molecule has 0 rings (SSSR count). The molecular weight excluding hydrogens is 278 g/mol. The first kappa shape index (κ1) is 21.3. The van der Waals surface area contributed by atoms with Gasteiger partial charge in [-0.25, -0.2) is 0 Å². The number of hydrogen-bond acceptors (Lipinski definition) is 6. The van der Waals surface area contributed by atoms with Gasteiger partial charge < -0.3 is 19.9 Å². The first-order valence-corrected chi connectivity index (χ1v) is 7.27. The highest BCUT2D eigenvalue weighted by Crippen LogP contribution is 1.93. The zero-order valence-electron chi connectivity index (χ0n) is 8.95. The van der Waals surface area contributed by atoms with Crippen molar-refractivity contribution < 1.29 is 27.4 Å². The lowest BCUT2D eigenvalue weighted by molar-refractivity contribution is -0.138. The molecule has 0 unspecified atom stereocenters. The molecular formula is C6H17NO6S3. The maximum absolute atomic E-state index is 10.2. The molecule has 0 saturated heterocycles. The summed E-state index contributed by atoms with van der Waals surface area (Å²) in [5, 5.41) is 8.37. The van der Waals surface area contributed by atoms with Crippen LogP contribution in [0.2, 0.25) is 0 Å². The Balaban J connectivity index is -0.000000242. The van der Waals surface area contributed by atoms with E-state index in [4.69, 9.17) is 28.4 Å². The Morgan fingerprint density at radius 2 is 1.75 bits per heavy atom. The summed E-state index contributed by atoms with van der Waals surface area (Å²) in [4.78, 5) is 10.2. The minimum Gasteiger partial charge on any atom is -0.759 e. The van der Waals surface area contributed by atoms with Gasteiger partial charge >= 0.3 is 5.97 Å². The van der Waals surface area contributed by atoms with Gasteiger partial charge in [0.15, 0.2) is 0 Å². The van der Waals surface area contributed by atoms with Crippen LogP contribution in [0.1, 0.15) is 6.42 Å². The molecule has 0 aromatic heterocycles. The number of carboxylic acid groups (broad SMARTS) is 1. The quantitative estimate of drug-likeness (QED) is 0.332. The zero-order chi connectivity index (χ0) is 12.6. The van der Waals surface area contributed by atoms with Crippen molar-refractivity contribution in [2.75, 3.05) is 18.3 Å². The topological polar surface area (TPSA) is 144 Å². The summed E-state index contributed by atoms with van der Waals surface area (Å²) in [7, 11) is -4.86. The van der Waals surface area contributed by atoms with Crippen LogP contribution in [0.5, 0.6) is 0 Å². The minimum atomic E-state index is -5.17. The van der Waals surface area contributed by atoms with Crippen LogP contribution in [0.3, 0.4) is 0 Å². The van der Waals surface area contributed by atoms with Crippen molar-refractivity contribution in [3.63, 3.8) is 0 Å². The van der Waals surface area contributed by atoms with Gasteiger partial charge in [-0.3, -0.25) is 13.2 Å². The molecule has 7 nitrogen and oxygen atoms in total. The summed E-state index contributed by atoms with van der Waals surface area (Å²) < 4.78 is 34.1. The normalized spacial score (nSPS) is 12.1. The summed E-state index contributed by atoms with van der Waals surface area (Å²) in [5.41, 5.74) is 5.27. The molecule has 100 valence electrons. The Kier molecular flexibility index (Phi) is 13.5. The summed E-state index contributed by atoms with van der Waals surface area (Å²) in [6, 6.07) is -0.671. The van der Waals surface area contributed by atoms with E-state index in [1.54, 1.807) is 0 Å². The third-order valence-electron chi connectivity index (χ3n) is 1.15. The van der Waals surface area contributed by atoms with Gasteiger partial charge in [-0.05, 0) is 10.9 Å². The fraction of sp³-hybridized carbons (Fsp3) is 0.833. The van der Waals surface area contributed by atoms with E-state index in [0.717, 1.165) is 5.75 Å². The lowest BCUT2D eigenvalue weighted by atomic mass is 10.2. The van der Waals surface area contributed by atoms with Crippen LogP contribution >= 0.6 is 0 Å². The van der Waals surface area contributed by atoms with E-state index in [-0.39, 0.29) is 13.5 Å². The van der Waals surface area contributed by atoms with E-state index in [0.29, 0.717) is 17.3 Å². The van der Waals surface area contributed by atoms with Crippen LogP contribution in [0.4, 0.5) is 0 Å². The summed E-state index contributed by atoms with van der Waals surface area (Å²) in [6.45, 7) is 0. The Hall–Kier alpha value is -0.0000000000000000555. The average molecular weight is 295 g/mol. The number of nitrogens with two attached hydrogens (primary N) is 1. The van der Waals surface area contributed by atoms with Gasteiger partial charge in [0.1, 0.15) is 11.8 Å². The van der Waals surface area contributed by atoms with Crippen LogP contribution in [0.15, 0.2) is 0 Å². The zero-order valence-corrected chi connectivity index (χ0v) is 11.7. The van der Waals surface area contributed by atoms with E-state index >= 15 is 0 Å². The molecule has 0 aliphatic carbocycles. The van der Waals surface area contributed by atoms with Crippen molar-refractivity contribution in [3.8, 4) is 0 Å². The van der Waals surface area contributed by atoms with Crippen LogP contribution in [0, 0.1) is 0 Å². The van der Waals surface area contributed by atoms with Crippen molar-refractivity contribution in [3.05, 3.63) is 0 Å². The van der Waals surface area contributed by atoms with Crippen molar-refractivity contribution >= 4 is 40.8 Å². The van der Waals surface area contributed by atoms with E-state index < -0.39 is 22.4 Å². The van der Waals surface area contributed by atoms with E-state index in [2.05, 4.69) is 12.5 Å². The van der Waals surface area contributed by atoms with E-state index in [1.165, 1.54) is 0 Å². The second kappa shape index (κ2) is 10.2. The molecule has 0 aliphatic heterocycles.